The molecular formula is C21H18N4O5. The van der Waals surface area contributed by atoms with Crippen LogP contribution in [0.2, 0.25) is 0 Å². The predicted molar refractivity (Wildman–Crippen MR) is 110 cm³/mol. The van der Waals surface area contributed by atoms with E-state index in [9.17, 15) is 14.9 Å². The zero-order valence-electron chi connectivity index (χ0n) is 16.3. The molecule has 0 spiro atoms. The van der Waals surface area contributed by atoms with Crippen LogP contribution < -0.4 is 14.9 Å². The number of nitro benzene ring substituents is 1. The summed E-state index contributed by atoms with van der Waals surface area (Å²) in [6.45, 7) is 3.76. The summed E-state index contributed by atoms with van der Waals surface area (Å²) in [7, 11) is 0. The van der Waals surface area contributed by atoms with Gasteiger partial charge in [0, 0.05) is 17.1 Å². The van der Waals surface area contributed by atoms with E-state index in [1.807, 2.05) is 48.7 Å². The lowest BCUT2D eigenvalue weighted by Crippen LogP contribution is -2.18. The number of nitrogens with zero attached hydrogens (tertiary/aromatic N) is 3. The van der Waals surface area contributed by atoms with Crippen molar-refractivity contribution in [2.45, 2.75) is 13.8 Å². The average Bonchev–Trinajstić information content (AvgIpc) is 3.31. The summed E-state index contributed by atoms with van der Waals surface area (Å²) in [6, 6.07) is 14.2. The Morgan fingerprint density at radius 2 is 1.87 bits per heavy atom. The molecule has 30 heavy (non-hydrogen) atoms. The number of para-hydroxylation sites is 1. The molecule has 0 saturated heterocycles. The van der Waals surface area contributed by atoms with Gasteiger partial charge in [-0.2, -0.15) is 5.10 Å². The lowest BCUT2D eigenvalue weighted by atomic mass is 10.1. The molecule has 9 heteroatoms. The molecule has 1 aromatic heterocycles. The molecule has 1 aliphatic heterocycles. The summed E-state index contributed by atoms with van der Waals surface area (Å²) >= 11 is 0. The molecule has 4 rings (SSSR count). The number of hydrogen-bond donors (Lipinski definition) is 1. The molecule has 2 aromatic carbocycles. The first kappa shape index (κ1) is 19.2. The predicted octanol–water partition coefficient (Wildman–Crippen LogP) is 3.49. The van der Waals surface area contributed by atoms with Crippen molar-refractivity contribution >= 4 is 17.8 Å². The van der Waals surface area contributed by atoms with E-state index in [1.54, 1.807) is 6.07 Å². The Morgan fingerprint density at radius 3 is 2.57 bits per heavy atom. The molecule has 9 nitrogen and oxygen atoms in total. The van der Waals surface area contributed by atoms with Crippen LogP contribution in [-0.2, 0) is 0 Å². The molecule has 0 unspecified atom stereocenters. The second kappa shape index (κ2) is 7.70. The lowest BCUT2D eigenvalue weighted by molar-refractivity contribution is -0.385. The van der Waals surface area contributed by atoms with Gasteiger partial charge in [0.25, 0.3) is 11.6 Å². The molecular weight excluding hydrogens is 388 g/mol. The third-order valence-corrected chi connectivity index (χ3v) is 4.78. The number of amides is 1. The highest BCUT2D eigenvalue weighted by Crippen LogP contribution is 2.37. The monoisotopic (exact) mass is 406 g/mol. The zero-order chi connectivity index (χ0) is 21.3. The van der Waals surface area contributed by atoms with E-state index in [4.69, 9.17) is 9.47 Å². The van der Waals surface area contributed by atoms with Gasteiger partial charge in [-0.1, -0.05) is 18.2 Å². The fraction of sp³-hybridized carbons (Fsp3) is 0.143. The highest BCUT2D eigenvalue weighted by Gasteiger charge is 2.22. The Morgan fingerprint density at radius 1 is 1.17 bits per heavy atom. The van der Waals surface area contributed by atoms with Crippen LogP contribution in [-0.4, -0.2) is 28.4 Å². The molecule has 152 valence electrons. The van der Waals surface area contributed by atoms with Gasteiger partial charge in [0.2, 0.25) is 6.79 Å². The molecule has 1 N–H and O–H groups in total. The average molecular weight is 406 g/mol. The van der Waals surface area contributed by atoms with Crippen molar-refractivity contribution in [1.29, 1.82) is 0 Å². The van der Waals surface area contributed by atoms with Gasteiger partial charge < -0.3 is 14.0 Å². The fourth-order valence-corrected chi connectivity index (χ4v) is 3.40. The van der Waals surface area contributed by atoms with Gasteiger partial charge in [-0.15, -0.1) is 0 Å². The summed E-state index contributed by atoms with van der Waals surface area (Å²) in [5, 5.41) is 15.2. The Hall–Kier alpha value is -4.14. The van der Waals surface area contributed by atoms with E-state index in [0.29, 0.717) is 17.1 Å². The number of nitrogens with one attached hydrogen (secondary N) is 1. The number of hydrogen-bond acceptors (Lipinski definition) is 6. The van der Waals surface area contributed by atoms with Gasteiger partial charge in [0.05, 0.1) is 28.3 Å². The van der Waals surface area contributed by atoms with Crippen LogP contribution in [0, 0.1) is 24.0 Å². The Bertz CT molecular complexity index is 1170. The number of benzene rings is 2. The van der Waals surface area contributed by atoms with Crippen LogP contribution in [0.3, 0.4) is 0 Å². The minimum Gasteiger partial charge on any atom is -0.454 e. The Labute approximate surface area is 171 Å². The van der Waals surface area contributed by atoms with Crippen molar-refractivity contribution in [2.75, 3.05) is 6.79 Å². The second-order valence-electron chi connectivity index (χ2n) is 6.68. The molecule has 0 atom stereocenters. The van der Waals surface area contributed by atoms with E-state index < -0.39 is 10.8 Å². The number of aryl methyl sites for hydroxylation is 1. The van der Waals surface area contributed by atoms with Gasteiger partial charge in [-0.05, 0) is 38.1 Å². The summed E-state index contributed by atoms with van der Waals surface area (Å²) < 4.78 is 12.4. The molecule has 2 heterocycles. The summed E-state index contributed by atoms with van der Waals surface area (Å²) in [4.78, 5) is 23.4. The number of hydrazone groups is 1. The number of carbonyl (C=O) groups is 1. The van der Waals surface area contributed by atoms with Crippen LogP contribution in [0.15, 0.2) is 53.6 Å². The third-order valence-electron chi connectivity index (χ3n) is 4.78. The Kier molecular flexibility index (Phi) is 4.93. The van der Waals surface area contributed by atoms with Crippen molar-refractivity contribution in [3.63, 3.8) is 0 Å². The number of ether oxygens (including phenoxy) is 2. The number of rotatable bonds is 5. The van der Waals surface area contributed by atoms with Crippen molar-refractivity contribution in [3.8, 4) is 17.2 Å². The quantitative estimate of drug-likeness (QED) is 0.396. The molecule has 0 aliphatic carbocycles. The summed E-state index contributed by atoms with van der Waals surface area (Å²) in [5.74, 6) is 0.279. The SMILES string of the molecule is Cc1cc(C(=O)N/N=C/c2cc3c(cc2[N+](=O)[O-])OCO3)c(C)n1-c1ccccc1. The van der Waals surface area contributed by atoms with Gasteiger partial charge in [0.15, 0.2) is 11.5 Å². The first-order valence-electron chi connectivity index (χ1n) is 9.11. The lowest BCUT2D eigenvalue weighted by Gasteiger charge is -2.09. The van der Waals surface area contributed by atoms with Crippen LogP contribution in [0.5, 0.6) is 11.5 Å². The molecule has 0 bridgehead atoms. The first-order valence-corrected chi connectivity index (χ1v) is 9.11. The van der Waals surface area contributed by atoms with E-state index >= 15 is 0 Å². The molecule has 1 aliphatic rings. The van der Waals surface area contributed by atoms with Crippen LogP contribution >= 0.6 is 0 Å². The number of aromatic nitrogens is 1. The first-order chi connectivity index (χ1) is 14.5. The van der Waals surface area contributed by atoms with Crippen molar-refractivity contribution in [2.24, 2.45) is 5.10 Å². The van der Waals surface area contributed by atoms with Crippen molar-refractivity contribution < 1.29 is 19.2 Å². The van der Waals surface area contributed by atoms with Crippen molar-refractivity contribution in [3.05, 3.63) is 81.2 Å². The van der Waals surface area contributed by atoms with Gasteiger partial charge in [-0.25, -0.2) is 5.43 Å². The smallest absolute Gasteiger partial charge is 0.282 e. The second-order valence-corrected chi connectivity index (χ2v) is 6.68. The molecule has 0 fully saturated rings. The van der Waals surface area contributed by atoms with E-state index in [-0.39, 0.29) is 18.0 Å². The van der Waals surface area contributed by atoms with E-state index in [0.717, 1.165) is 17.1 Å². The Balaban J connectivity index is 1.56. The molecule has 1 amide bonds. The van der Waals surface area contributed by atoms with Crippen molar-refractivity contribution in [1.82, 2.24) is 9.99 Å². The molecule has 0 radical (unpaired) electrons. The fourth-order valence-electron chi connectivity index (χ4n) is 3.40. The largest absolute Gasteiger partial charge is 0.454 e. The minimum absolute atomic E-state index is 0.000845. The maximum absolute atomic E-state index is 12.6. The highest BCUT2D eigenvalue weighted by molar-refractivity contribution is 5.97. The van der Waals surface area contributed by atoms with Crippen LogP contribution in [0.1, 0.15) is 27.3 Å². The van der Waals surface area contributed by atoms with Crippen LogP contribution in [0.4, 0.5) is 5.69 Å². The molecule has 0 saturated carbocycles. The number of nitro groups is 1. The minimum atomic E-state index is -0.543. The van der Waals surface area contributed by atoms with Crippen LogP contribution in [0.25, 0.3) is 5.69 Å². The van der Waals surface area contributed by atoms with Gasteiger partial charge in [-0.3, -0.25) is 14.9 Å². The normalized spacial score (nSPS) is 12.3. The summed E-state index contributed by atoms with van der Waals surface area (Å²) in [6.07, 6.45) is 1.22. The van der Waals surface area contributed by atoms with Gasteiger partial charge in [0.1, 0.15) is 0 Å². The van der Waals surface area contributed by atoms with E-state index in [2.05, 4.69) is 10.5 Å². The maximum atomic E-state index is 12.6. The molecule has 3 aromatic rings. The van der Waals surface area contributed by atoms with E-state index in [1.165, 1.54) is 18.3 Å². The zero-order valence-corrected chi connectivity index (χ0v) is 16.3. The highest BCUT2D eigenvalue weighted by atomic mass is 16.7. The maximum Gasteiger partial charge on any atom is 0.282 e. The number of carbonyl (C=O) groups excluding carboxylic acids is 1. The number of fused-ring (bicyclic) bond motifs is 1. The standard InChI is InChI=1S/C21H18N4O5/c1-13-8-17(14(2)24(13)16-6-4-3-5-7-16)21(26)23-22-11-15-9-19-20(30-12-29-19)10-18(15)25(27)28/h3-11H,12H2,1-2H3,(H,23,26)/b22-11+. The third kappa shape index (κ3) is 3.48. The summed E-state index contributed by atoms with van der Waals surface area (Å²) in [5.41, 5.74) is 5.52. The topological polar surface area (TPSA) is 108 Å². The van der Waals surface area contributed by atoms with Gasteiger partial charge >= 0.3 is 0 Å².